The van der Waals surface area contributed by atoms with Crippen LogP contribution in [-0.2, 0) is 6.54 Å². The van der Waals surface area contributed by atoms with Crippen molar-refractivity contribution in [2.24, 2.45) is 0 Å². The lowest BCUT2D eigenvalue weighted by atomic mass is 9.93. The van der Waals surface area contributed by atoms with Gasteiger partial charge in [-0.25, -0.2) is 0 Å². The maximum atomic E-state index is 7.10. The number of likely N-dealkylation sites (N-methyl/N-ethyl adjacent to an activating group) is 1. The van der Waals surface area contributed by atoms with Gasteiger partial charge in [-0.2, -0.15) is 0 Å². The van der Waals surface area contributed by atoms with Gasteiger partial charge in [-0.3, -0.25) is 0 Å². The molecule has 1 aliphatic heterocycles. The fourth-order valence-electron chi connectivity index (χ4n) is 6.88. The molecule has 0 amide bonds. The summed E-state index contributed by atoms with van der Waals surface area (Å²) in [7, 11) is 0. The summed E-state index contributed by atoms with van der Waals surface area (Å²) in [4.78, 5) is 2.50. The lowest BCUT2D eigenvalue weighted by molar-refractivity contribution is 0.766. The van der Waals surface area contributed by atoms with Crippen molar-refractivity contribution in [3.05, 3.63) is 118 Å². The van der Waals surface area contributed by atoms with Crippen molar-refractivity contribution in [2.45, 2.75) is 45.7 Å². The van der Waals surface area contributed by atoms with Crippen molar-refractivity contribution in [3.63, 3.8) is 0 Å². The summed E-state index contributed by atoms with van der Waals surface area (Å²) in [6, 6.07) is 26.8. The largest absolute Gasteiger partial charge is 0.361 e. The molecule has 194 valence electrons. The molecule has 0 bridgehead atoms. The van der Waals surface area contributed by atoms with Gasteiger partial charge in [0.25, 0.3) is 0 Å². The average molecular weight is 529 g/mol. The summed E-state index contributed by atoms with van der Waals surface area (Å²) in [5, 5.41) is 8.86. The molecule has 1 atom stereocenters. The van der Waals surface area contributed by atoms with E-state index in [0.29, 0.717) is 0 Å². The molecule has 7 rings (SSSR count). The molecule has 1 unspecified atom stereocenters. The second-order valence-electron chi connectivity index (χ2n) is 10.7. The minimum absolute atomic E-state index is 0.236. The Morgan fingerprint density at radius 2 is 1.56 bits per heavy atom. The van der Waals surface area contributed by atoms with E-state index in [1.54, 1.807) is 0 Å². The Labute approximate surface area is 235 Å². The number of nitrogens with zero attached hydrogens (tertiary/aromatic N) is 2. The number of hydrogen-bond donors (Lipinski definition) is 0. The number of aromatic nitrogens is 1. The Bertz CT molecular complexity index is 1870. The van der Waals surface area contributed by atoms with E-state index in [4.69, 9.17) is 11.6 Å². The molecule has 0 spiro atoms. The second-order valence-corrected chi connectivity index (χ2v) is 11.1. The van der Waals surface area contributed by atoms with E-state index in [1.165, 1.54) is 60.2 Å². The zero-order valence-corrected chi connectivity index (χ0v) is 23.4. The molecular formula is C36H33ClN2. The maximum Gasteiger partial charge on any atom is 0.0736 e. The molecule has 39 heavy (non-hydrogen) atoms. The summed E-state index contributed by atoms with van der Waals surface area (Å²) >= 11 is 7.10. The summed E-state index contributed by atoms with van der Waals surface area (Å²) in [6.07, 6.45) is 12.4. The minimum Gasteiger partial charge on any atom is -0.361 e. The zero-order valence-electron chi connectivity index (χ0n) is 22.6. The highest BCUT2D eigenvalue weighted by Crippen LogP contribution is 2.45. The highest BCUT2D eigenvalue weighted by molar-refractivity contribution is 6.32. The van der Waals surface area contributed by atoms with Crippen LogP contribution in [0.15, 0.2) is 107 Å². The normalized spacial score (nSPS) is 19.3. The van der Waals surface area contributed by atoms with Crippen LogP contribution in [0.4, 0.5) is 5.69 Å². The molecule has 2 aliphatic rings. The van der Waals surface area contributed by atoms with Crippen molar-refractivity contribution < 1.29 is 0 Å². The van der Waals surface area contributed by atoms with Crippen molar-refractivity contribution in [1.29, 1.82) is 0 Å². The molecule has 1 aromatic heterocycles. The monoisotopic (exact) mass is 528 g/mol. The maximum absolute atomic E-state index is 7.10. The molecule has 1 aliphatic carbocycles. The van der Waals surface area contributed by atoms with Gasteiger partial charge >= 0.3 is 0 Å². The van der Waals surface area contributed by atoms with Gasteiger partial charge in [-0.15, -0.1) is 0 Å². The van der Waals surface area contributed by atoms with E-state index in [2.05, 4.69) is 120 Å². The first-order chi connectivity index (χ1) is 19.2. The predicted molar refractivity (Wildman–Crippen MR) is 168 cm³/mol. The molecule has 0 N–H and O–H groups in total. The Morgan fingerprint density at radius 1 is 0.821 bits per heavy atom. The Balaban J connectivity index is 1.27. The van der Waals surface area contributed by atoms with Gasteiger partial charge in [0, 0.05) is 50.8 Å². The van der Waals surface area contributed by atoms with E-state index >= 15 is 0 Å². The van der Waals surface area contributed by atoms with E-state index in [-0.39, 0.29) is 6.04 Å². The summed E-state index contributed by atoms with van der Waals surface area (Å²) in [5.74, 6) is 0. The van der Waals surface area contributed by atoms with Crippen LogP contribution in [0.5, 0.6) is 0 Å². The number of rotatable bonds is 5. The van der Waals surface area contributed by atoms with Crippen molar-refractivity contribution in [2.75, 3.05) is 11.4 Å². The Hall–Kier alpha value is -3.75. The summed E-state index contributed by atoms with van der Waals surface area (Å²) in [5.41, 5.74) is 6.51. The number of aryl methyl sites for hydroxylation is 1. The molecule has 3 heteroatoms. The van der Waals surface area contributed by atoms with Crippen molar-refractivity contribution in [1.82, 2.24) is 4.57 Å². The highest BCUT2D eigenvalue weighted by Gasteiger charge is 2.28. The van der Waals surface area contributed by atoms with Crippen molar-refractivity contribution in [3.8, 4) is 0 Å². The van der Waals surface area contributed by atoms with Crippen LogP contribution in [0.2, 0.25) is 0 Å². The molecule has 2 nitrogen and oxygen atoms in total. The smallest absolute Gasteiger partial charge is 0.0736 e. The topological polar surface area (TPSA) is 8.17 Å². The van der Waals surface area contributed by atoms with Gasteiger partial charge in [0.05, 0.1) is 6.04 Å². The zero-order chi connectivity index (χ0) is 26.5. The molecule has 4 aromatic carbocycles. The van der Waals surface area contributed by atoms with E-state index < -0.39 is 0 Å². The standard InChI is InChI=1S/C36H33ClN2/c1-3-38-30(28-16-6-10-24-12-8-18-32(38)34(24)28)22-20-26-14-5-15-27(36(26)37)21-23-31-29-17-7-11-25-13-9-19-33(35(25)29)39(31)4-2/h6-13,16-23,30H,3-5,14-15H2,1-2H3/b22-20+,27-21+,31-23?. The predicted octanol–water partition coefficient (Wildman–Crippen LogP) is 9.21. The van der Waals surface area contributed by atoms with Gasteiger partial charge in [0.1, 0.15) is 0 Å². The van der Waals surface area contributed by atoms with E-state index in [1.807, 2.05) is 0 Å². The van der Waals surface area contributed by atoms with Gasteiger partial charge in [0.15, 0.2) is 0 Å². The molecule has 2 heterocycles. The molecular weight excluding hydrogens is 496 g/mol. The quantitative estimate of drug-likeness (QED) is 0.221. The lowest BCUT2D eigenvalue weighted by Crippen LogP contribution is -2.22. The third-order valence-corrected chi connectivity index (χ3v) is 9.14. The fourth-order valence-corrected chi connectivity index (χ4v) is 7.19. The van der Waals surface area contributed by atoms with Crippen LogP contribution in [0, 0.1) is 0 Å². The number of hydrogen-bond acceptors (Lipinski definition) is 1. The third-order valence-electron chi connectivity index (χ3n) is 8.65. The number of allylic oxidation sites excluding steroid dienone is 5. The summed E-state index contributed by atoms with van der Waals surface area (Å²) < 4.78 is 2.42. The van der Waals surface area contributed by atoms with Gasteiger partial charge in [0.2, 0.25) is 0 Å². The first-order valence-corrected chi connectivity index (χ1v) is 14.6. The van der Waals surface area contributed by atoms with Crippen LogP contribution in [0.25, 0.3) is 38.5 Å². The SMILES string of the molecule is CCN1c2cccc3cccc(c23)C1/C=C/C1=C(Cl)C(=C/C=c2c3cccc4cccc(c43)n2CC)/CCC1. The molecule has 0 fully saturated rings. The van der Waals surface area contributed by atoms with Gasteiger partial charge in [-0.05, 0) is 78.8 Å². The Morgan fingerprint density at radius 3 is 2.36 bits per heavy atom. The Kier molecular flexibility index (Phi) is 6.09. The van der Waals surface area contributed by atoms with Gasteiger partial charge in [-0.1, -0.05) is 90.5 Å². The van der Waals surface area contributed by atoms with Crippen LogP contribution >= 0.6 is 11.6 Å². The lowest BCUT2D eigenvalue weighted by Gasteiger charge is -2.25. The number of benzene rings is 4. The molecule has 5 aromatic rings. The van der Waals surface area contributed by atoms with Crippen molar-refractivity contribution >= 4 is 55.8 Å². The molecule has 0 saturated heterocycles. The molecule has 0 saturated carbocycles. The van der Waals surface area contributed by atoms with E-state index in [0.717, 1.165) is 37.4 Å². The third kappa shape index (κ3) is 3.85. The van der Waals surface area contributed by atoms with Crippen LogP contribution in [-0.4, -0.2) is 11.1 Å². The van der Waals surface area contributed by atoms with E-state index in [9.17, 15) is 0 Å². The molecule has 0 radical (unpaired) electrons. The first-order valence-electron chi connectivity index (χ1n) is 14.3. The second kappa shape index (κ2) is 9.77. The van der Waals surface area contributed by atoms with Crippen LogP contribution in [0.1, 0.15) is 44.7 Å². The van der Waals surface area contributed by atoms with Crippen LogP contribution in [0.3, 0.4) is 0 Å². The number of halogens is 1. The average Bonchev–Trinajstić information content (AvgIpc) is 3.46. The number of anilines is 1. The minimum atomic E-state index is 0.236. The summed E-state index contributed by atoms with van der Waals surface area (Å²) in [6.45, 7) is 6.37. The van der Waals surface area contributed by atoms with Gasteiger partial charge < -0.3 is 9.47 Å². The van der Waals surface area contributed by atoms with Crippen LogP contribution < -0.4 is 10.2 Å². The fraction of sp³-hybridized carbons (Fsp3) is 0.222. The first kappa shape index (κ1) is 24.3. The highest BCUT2D eigenvalue weighted by atomic mass is 35.5.